The van der Waals surface area contributed by atoms with Crippen LogP contribution in [-0.4, -0.2) is 6.61 Å². The third kappa shape index (κ3) is 0.868. The van der Waals surface area contributed by atoms with Crippen LogP contribution < -0.4 is 5.73 Å². The predicted molar refractivity (Wildman–Crippen MR) is 40.9 cm³/mol. The van der Waals surface area contributed by atoms with E-state index < -0.39 is 5.72 Å². The SMILES string of the molecule is Cc1ccc(C2(N)CO2)s1. The molecule has 2 N–H and O–H groups in total. The summed E-state index contributed by atoms with van der Waals surface area (Å²) in [7, 11) is 0. The van der Waals surface area contributed by atoms with Gasteiger partial charge in [0, 0.05) is 4.88 Å². The Hall–Kier alpha value is -0.380. The maximum absolute atomic E-state index is 5.77. The molecule has 2 rings (SSSR count). The van der Waals surface area contributed by atoms with Crippen molar-refractivity contribution < 1.29 is 4.74 Å². The topological polar surface area (TPSA) is 38.5 Å². The van der Waals surface area contributed by atoms with Gasteiger partial charge < -0.3 is 4.74 Å². The van der Waals surface area contributed by atoms with Crippen molar-refractivity contribution in [2.45, 2.75) is 12.6 Å². The highest BCUT2D eigenvalue weighted by atomic mass is 32.1. The molecule has 1 aliphatic rings. The third-order valence-electron chi connectivity index (χ3n) is 1.61. The van der Waals surface area contributed by atoms with E-state index in [9.17, 15) is 0 Å². The molecule has 1 aromatic heterocycles. The van der Waals surface area contributed by atoms with E-state index in [2.05, 4.69) is 13.0 Å². The molecule has 0 bridgehead atoms. The highest BCUT2D eigenvalue weighted by molar-refractivity contribution is 7.12. The summed E-state index contributed by atoms with van der Waals surface area (Å²) in [6.07, 6.45) is 0. The van der Waals surface area contributed by atoms with Gasteiger partial charge >= 0.3 is 0 Å². The molecule has 1 saturated heterocycles. The van der Waals surface area contributed by atoms with E-state index in [0.717, 1.165) is 4.88 Å². The summed E-state index contributed by atoms with van der Waals surface area (Å²) in [5.74, 6) is 0. The quantitative estimate of drug-likeness (QED) is 0.619. The minimum atomic E-state index is -0.418. The van der Waals surface area contributed by atoms with Crippen LogP contribution in [0.4, 0.5) is 0 Å². The zero-order valence-corrected chi connectivity index (χ0v) is 6.57. The Morgan fingerprint density at radius 3 is 2.80 bits per heavy atom. The van der Waals surface area contributed by atoms with Crippen LogP contribution in [0, 0.1) is 6.92 Å². The first kappa shape index (κ1) is 6.34. The molecule has 1 atom stereocenters. The lowest BCUT2D eigenvalue weighted by Gasteiger charge is -1.97. The second-order valence-corrected chi connectivity index (χ2v) is 3.88. The minimum Gasteiger partial charge on any atom is -0.348 e. The van der Waals surface area contributed by atoms with Crippen LogP contribution in [-0.2, 0) is 10.5 Å². The average molecular weight is 155 g/mol. The van der Waals surface area contributed by atoms with E-state index in [1.807, 2.05) is 6.07 Å². The molecule has 1 unspecified atom stereocenters. The van der Waals surface area contributed by atoms with E-state index in [4.69, 9.17) is 10.5 Å². The molecule has 0 aromatic carbocycles. The number of aryl methyl sites for hydroxylation is 1. The van der Waals surface area contributed by atoms with Crippen LogP contribution in [0.15, 0.2) is 12.1 Å². The van der Waals surface area contributed by atoms with E-state index in [1.54, 1.807) is 11.3 Å². The van der Waals surface area contributed by atoms with Gasteiger partial charge in [-0.3, -0.25) is 5.73 Å². The van der Waals surface area contributed by atoms with Gasteiger partial charge in [-0.2, -0.15) is 0 Å². The summed E-state index contributed by atoms with van der Waals surface area (Å²) < 4.78 is 5.08. The second-order valence-electron chi connectivity index (χ2n) is 2.59. The number of nitrogens with two attached hydrogens (primary N) is 1. The first-order valence-electron chi connectivity index (χ1n) is 3.20. The van der Waals surface area contributed by atoms with Crippen molar-refractivity contribution in [3.63, 3.8) is 0 Å². The molecule has 54 valence electrons. The maximum atomic E-state index is 5.77. The Balaban J connectivity index is 2.34. The summed E-state index contributed by atoms with van der Waals surface area (Å²) in [5.41, 5.74) is 5.35. The van der Waals surface area contributed by atoms with E-state index in [0.29, 0.717) is 6.61 Å². The number of thiophene rings is 1. The first-order valence-corrected chi connectivity index (χ1v) is 4.02. The Labute approximate surface area is 63.6 Å². The molecular formula is C7H9NOS. The van der Waals surface area contributed by atoms with Crippen LogP contribution in [0.3, 0.4) is 0 Å². The largest absolute Gasteiger partial charge is 0.348 e. The molecule has 2 nitrogen and oxygen atoms in total. The summed E-state index contributed by atoms with van der Waals surface area (Å²) in [6, 6.07) is 4.10. The fourth-order valence-electron chi connectivity index (χ4n) is 0.882. The van der Waals surface area contributed by atoms with Gasteiger partial charge in [0.05, 0.1) is 11.5 Å². The smallest absolute Gasteiger partial charge is 0.175 e. The van der Waals surface area contributed by atoms with Crippen molar-refractivity contribution in [1.82, 2.24) is 0 Å². The van der Waals surface area contributed by atoms with Gasteiger partial charge in [-0.15, -0.1) is 11.3 Å². The van der Waals surface area contributed by atoms with Gasteiger partial charge in [-0.1, -0.05) is 0 Å². The van der Waals surface area contributed by atoms with Gasteiger partial charge in [0.25, 0.3) is 0 Å². The molecule has 0 radical (unpaired) electrons. The van der Waals surface area contributed by atoms with Crippen LogP contribution in [0.5, 0.6) is 0 Å². The molecule has 0 amide bonds. The van der Waals surface area contributed by atoms with Crippen molar-refractivity contribution in [2.24, 2.45) is 5.73 Å². The lowest BCUT2D eigenvalue weighted by Crippen LogP contribution is -2.18. The molecule has 1 aliphatic heterocycles. The van der Waals surface area contributed by atoms with E-state index in [-0.39, 0.29) is 0 Å². The highest BCUT2D eigenvalue weighted by Gasteiger charge is 2.43. The van der Waals surface area contributed by atoms with Gasteiger partial charge in [-0.05, 0) is 19.1 Å². The normalized spacial score (nSPS) is 30.6. The monoisotopic (exact) mass is 155 g/mol. The number of hydrogen-bond acceptors (Lipinski definition) is 3. The molecule has 0 aliphatic carbocycles. The predicted octanol–water partition coefficient (Wildman–Crippen LogP) is 1.20. The summed E-state index contributed by atoms with van der Waals surface area (Å²) in [4.78, 5) is 2.43. The Bertz CT molecular complexity index is 252. The summed E-state index contributed by atoms with van der Waals surface area (Å²) >= 11 is 1.71. The second kappa shape index (κ2) is 1.81. The average Bonchev–Trinajstić information content (AvgIpc) is 2.45. The van der Waals surface area contributed by atoms with Crippen LogP contribution >= 0.6 is 11.3 Å². The van der Waals surface area contributed by atoms with Gasteiger partial charge in [0.1, 0.15) is 0 Å². The molecule has 0 spiro atoms. The standard InChI is InChI=1S/C7H9NOS/c1-5-2-3-6(10-5)7(8)4-9-7/h2-3H,4,8H2,1H3. The lowest BCUT2D eigenvalue weighted by molar-refractivity contribution is 0.320. The first-order chi connectivity index (χ1) is 4.71. The Morgan fingerprint density at radius 2 is 2.40 bits per heavy atom. The summed E-state index contributed by atoms with van der Waals surface area (Å²) in [5, 5.41) is 0. The molecule has 2 heterocycles. The molecule has 3 heteroatoms. The van der Waals surface area contributed by atoms with Gasteiger partial charge in [-0.25, -0.2) is 0 Å². The van der Waals surface area contributed by atoms with Gasteiger partial charge in [0.2, 0.25) is 0 Å². The van der Waals surface area contributed by atoms with Crippen molar-refractivity contribution in [1.29, 1.82) is 0 Å². The zero-order valence-electron chi connectivity index (χ0n) is 5.76. The van der Waals surface area contributed by atoms with Crippen LogP contribution in [0.25, 0.3) is 0 Å². The maximum Gasteiger partial charge on any atom is 0.175 e. The number of hydrogen-bond donors (Lipinski definition) is 1. The van der Waals surface area contributed by atoms with Crippen molar-refractivity contribution in [2.75, 3.05) is 6.61 Å². The molecular weight excluding hydrogens is 146 g/mol. The molecule has 1 fully saturated rings. The highest BCUT2D eigenvalue weighted by Crippen LogP contribution is 2.36. The Morgan fingerprint density at radius 1 is 1.70 bits per heavy atom. The van der Waals surface area contributed by atoms with Gasteiger partial charge in [0.15, 0.2) is 5.72 Å². The molecule has 1 aromatic rings. The molecule has 10 heavy (non-hydrogen) atoms. The number of rotatable bonds is 1. The van der Waals surface area contributed by atoms with Crippen LogP contribution in [0.1, 0.15) is 9.75 Å². The zero-order chi connectivity index (χ0) is 7.19. The summed E-state index contributed by atoms with van der Waals surface area (Å²) in [6.45, 7) is 2.74. The lowest BCUT2D eigenvalue weighted by atomic mass is 10.3. The molecule has 0 saturated carbocycles. The van der Waals surface area contributed by atoms with Crippen molar-refractivity contribution in [3.05, 3.63) is 21.9 Å². The van der Waals surface area contributed by atoms with E-state index >= 15 is 0 Å². The minimum absolute atomic E-state index is 0.418. The fraction of sp³-hybridized carbons (Fsp3) is 0.429. The van der Waals surface area contributed by atoms with E-state index in [1.165, 1.54) is 4.88 Å². The van der Waals surface area contributed by atoms with Crippen LogP contribution in [0.2, 0.25) is 0 Å². The Kier molecular flexibility index (Phi) is 1.15. The van der Waals surface area contributed by atoms with Crippen molar-refractivity contribution in [3.8, 4) is 0 Å². The number of ether oxygens (including phenoxy) is 1. The van der Waals surface area contributed by atoms with Crippen molar-refractivity contribution >= 4 is 11.3 Å². The number of epoxide rings is 1. The fourth-order valence-corrected chi connectivity index (χ4v) is 1.79. The third-order valence-corrected chi connectivity index (χ3v) is 2.77.